The van der Waals surface area contributed by atoms with Crippen LogP contribution in [0.5, 0.6) is 11.5 Å². The number of pyridine rings is 3. The topological polar surface area (TPSA) is 317 Å². The summed E-state index contributed by atoms with van der Waals surface area (Å²) in [6.45, 7) is 11.6. The number of carbonyl (C=O) groups excluding carboxylic acids is 1. The molecule has 6 heterocycles. The maximum atomic E-state index is 13.2. The number of ether oxygens (including phenoxy) is 2. The van der Waals surface area contributed by atoms with E-state index in [0.29, 0.717) is 58.3 Å². The molecule has 11 N–H and O–H groups in total. The summed E-state index contributed by atoms with van der Waals surface area (Å²) in [5.41, 5.74) is 17.0. The fourth-order valence-electron chi connectivity index (χ4n) is 10.3. The van der Waals surface area contributed by atoms with Crippen molar-refractivity contribution in [3.05, 3.63) is 73.7 Å². The SMILES string of the molecule is CCC1CCN(c2ccc(Nc3nc(C(=O)O)c4c(=O)c(C(N)=O)c(N)n(CC(C)(C)O)c4n3)c(OC)c2)CC1.COc1cc(C2CCN(CCC(F)(F)F)CC2)ccc1Nc1nc2c3c(=O)c-2c(N)n(CC(C)(C)O)c3n1. The highest BCUT2D eigenvalue weighted by Gasteiger charge is 2.35. The highest BCUT2D eigenvalue weighted by molar-refractivity contribution is 6.07. The lowest BCUT2D eigenvalue weighted by molar-refractivity contribution is -0.138. The molecule has 22 nitrogen and oxygen atoms in total. The van der Waals surface area contributed by atoms with Crippen LogP contribution >= 0.6 is 0 Å². The lowest BCUT2D eigenvalue weighted by Crippen LogP contribution is -2.35. The van der Waals surface area contributed by atoms with E-state index in [1.165, 1.54) is 31.9 Å². The van der Waals surface area contributed by atoms with Crippen LogP contribution < -0.4 is 53.1 Å². The van der Waals surface area contributed by atoms with E-state index in [9.17, 15) is 47.7 Å². The molecule has 2 bridgehead atoms. The van der Waals surface area contributed by atoms with Crippen molar-refractivity contribution < 1.29 is 47.6 Å². The Kier molecular flexibility index (Phi) is 15.9. The molecule has 0 spiro atoms. The average molecular weight is 1090 g/mol. The first-order valence-electron chi connectivity index (χ1n) is 25.6. The van der Waals surface area contributed by atoms with Crippen LogP contribution in [-0.2, 0) is 13.1 Å². The number of hydrogen-bond acceptors (Lipinski definition) is 18. The quantitative estimate of drug-likeness (QED) is 0.0494. The van der Waals surface area contributed by atoms with Gasteiger partial charge in [0, 0.05) is 31.4 Å². The second-order valence-electron chi connectivity index (χ2n) is 21.2. The van der Waals surface area contributed by atoms with Crippen molar-refractivity contribution in [3.63, 3.8) is 0 Å². The van der Waals surface area contributed by atoms with Crippen LogP contribution in [0.3, 0.4) is 0 Å². The molecule has 0 atom stereocenters. The standard InChI is InChI=1S/C27H35N7O6.C26H31F3N6O3/c1-5-14-8-10-33(11-9-14)15-6-7-16(17(12-15)40-4)30-26-31-20(25(37)38)18-21(35)19(23(29)36)22(28)34(24(18)32-26)13-27(2,3)39;1-25(2,37)13-35-22(30)18-20-19(21(18)36)23(35)33-24(32-20)31-16-5-4-15(12-17(16)38-3)14-6-9-34(10-7-14)11-8-26(27,28)29/h6-7,12,14,39H,5,8-11,13,28H2,1-4H3,(H2,29,36)(H,37,38)(H,30,31,32);4-5,12,14,37H,6-11,13,30H2,1-3H3,(H,31,32,33). The van der Waals surface area contributed by atoms with Crippen molar-refractivity contribution in [2.24, 2.45) is 11.7 Å². The number of carboxylic acid groups (broad SMARTS) is 1. The van der Waals surface area contributed by atoms with Gasteiger partial charge in [-0.1, -0.05) is 19.4 Å². The van der Waals surface area contributed by atoms with E-state index in [2.05, 4.69) is 42.4 Å². The number of aromatic nitrogens is 6. The summed E-state index contributed by atoms with van der Waals surface area (Å²) < 4.78 is 51.7. The summed E-state index contributed by atoms with van der Waals surface area (Å²) in [5, 5.41) is 36.9. The second kappa shape index (κ2) is 21.9. The van der Waals surface area contributed by atoms with Crippen molar-refractivity contribution in [1.29, 1.82) is 0 Å². The van der Waals surface area contributed by atoms with Gasteiger partial charge in [0.05, 0.1) is 78.3 Å². The van der Waals surface area contributed by atoms with Gasteiger partial charge in [-0.25, -0.2) is 14.8 Å². The Morgan fingerprint density at radius 1 is 0.756 bits per heavy atom. The molecule has 2 fully saturated rings. The van der Waals surface area contributed by atoms with E-state index in [1.54, 1.807) is 31.6 Å². The predicted octanol–water partition coefficient (Wildman–Crippen LogP) is 6.33. The summed E-state index contributed by atoms with van der Waals surface area (Å²) in [7, 11) is 3.08. The maximum absolute atomic E-state index is 13.2. The molecular weight excluding hydrogens is 1020 g/mol. The number of rotatable bonds is 17. The Morgan fingerprint density at radius 2 is 1.31 bits per heavy atom. The molecule has 0 unspecified atom stereocenters. The lowest BCUT2D eigenvalue weighted by Gasteiger charge is -2.33. The predicted molar refractivity (Wildman–Crippen MR) is 290 cm³/mol. The van der Waals surface area contributed by atoms with Gasteiger partial charge in [0.25, 0.3) is 5.91 Å². The van der Waals surface area contributed by atoms with Gasteiger partial charge in [-0.05, 0) is 108 Å². The number of amides is 1. The Balaban J connectivity index is 0.000000206. The van der Waals surface area contributed by atoms with E-state index in [-0.39, 0.29) is 60.2 Å². The van der Waals surface area contributed by atoms with Gasteiger partial charge >= 0.3 is 12.1 Å². The molecule has 1 aliphatic carbocycles. The number of anilines is 7. The number of methoxy groups -OCH3 is 2. The Bertz CT molecular complexity index is 3410. The molecule has 0 saturated carbocycles. The van der Waals surface area contributed by atoms with Crippen LogP contribution in [0.15, 0.2) is 46.0 Å². The summed E-state index contributed by atoms with van der Waals surface area (Å²) >= 11 is 0. The number of nitrogens with two attached hydrogens (primary N) is 3. The van der Waals surface area contributed by atoms with Crippen LogP contribution in [-0.4, -0.2) is 125 Å². The van der Waals surface area contributed by atoms with Gasteiger partial charge < -0.3 is 71.6 Å². The lowest BCUT2D eigenvalue weighted by atomic mass is 9.89. The minimum absolute atomic E-state index is 0.0343. The molecule has 6 aromatic rings. The third-order valence-electron chi connectivity index (χ3n) is 14.3. The Labute approximate surface area is 446 Å². The van der Waals surface area contributed by atoms with E-state index in [0.717, 1.165) is 55.9 Å². The second-order valence-corrected chi connectivity index (χ2v) is 21.2. The zero-order valence-electron chi connectivity index (χ0n) is 44.5. The third kappa shape index (κ3) is 12.0. The smallest absolute Gasteiger partial charge is 0.390 e. The number of carboxylic acids is 1. The number of aliphatic hydroxyl groups is 2. The highest BCUT2D eigenvalue weighted by atomic mass is 19.4. The zero-order chi connectivity index (χ0) is 56.8. The molecule has 25 heteroatoms. The maximum Gasteiger partial charge on any atom is 0.390 e. The van der Waals surface area contributed by atoms with Crippen LogP contribution in [0, 0.1) is 5.92 Å². The molecule has 3 aliphatic rings. The molecule has 418 valence electrons. The van der Waals surface area contributed by atoms with Gasteiger partial charge in [0.1, 0.15) is 28.7 Å². The molecular formula is C53H66F3N13O9. The number of carbonyl (C=O) groups is 2. The Morgan fingerprint density at radius 3 is 1.85 bits per heavy atom. The van der Waals surface area contributed by atoms with Crippen LogP contribution in [0.4, 0.5) is 53.8 Å². The third-order valence-corrected chi connectivity index (χ3v) is 14.3. The van der Waals surface area contributed by atoms with Gasteiger partial charge in [-0.3, -0.25) is 14.4 Å². The van der Waals surface area contributed by atoms with Gasteiger partial charge in [0.15, 0.2) is 17.0 Å². The normalized spacial score (nSPS) is 15.3. The number of nitrogens with one attached hydrogen (secondary N) is 2. The molecule has 1 amide bonds. The van der Waals surface area contributed by atoms with Gasteiger partial charge in [0.2, 0.25) is 22.8 Å². The van der Waals surface area contributed by atoms with Gasteiger partial charge in [-0.15, -0.1) is 0 Å². The molecule has 2 aromatic carbocycles. The first-order valence-corrected chi connectivity index (χ1v) is 25.6. The summed E-state index contributed by atoms with van der Waals surface area (Å²) in [6, 6.07) is 11.4. The molecule has 78 heavy (non-hydrogen) atoms. The van der Waals surface area contributed by atoms with Crippen LogP contribution in [0.2, 0.25) is 0 Å². The van der Waals surface area contributed by atoms with Crippen molar-refractivity contribution in [2.75, 3.05) is 73.9 Å². The number of nitrogen functional groups attached to an aromatic ring is 2. The molecule has 2 saturated heterocycles. The van der Waals surface area contributed by atoms with Crippen molar-refractivity contribution >= 4 is 74.5 Å². The number of primary amides is 1. The van der Waals surface area contributed by atoms with E-state index in [1.807, 2.05) is 35.2 Å². The number of fused-ring (bicyclic) bond motifs is 3. The molecule has 2 aliphatic heterocycles. The molecule has 4 aromatic heterocycles. The number of nitrogens with zero attached hydrogens (tertiary/aromatic N) is 8. The number of benzene rings is 2. The fraction of sp³-hybridized carbons (Fsp3) is 0.472. The van der Waals surface area contributed by atoms with Crippen LogP contribution in [0.25, 0.3) is 33.3 Å². The number of alkyl halides is 3. The molecule has 9 rings (SSSR count). The minimum atomic E-state index is -4.14. The van der Waals surface area contributed by atoms with E-state index < -0.39 is 57.7 Å². The first kappa shape index (κ1) is 56.4. The Hall–Kier alpha value is -7.77. The summed E-state index contributed by atoms with van der Waals surface area (Å²) in [6.07, 6.45) is 0.0291. The summed E-state index contributed by atoms with van der Waals surface area (Å²) in [4.78, 5) is 71.7. The number of halogens is 3. The highest BCUT2D eigenvalue weighted by Crippen LogP contribution is 2.41. The van der Waals surface area contributed by atoms with Crippen molar-refractivity contribution in [1.82, 2.24) is 34.0 Å². The van der Waals surface area contributed by atoms with E-state index >= 15 is 0 Å². The summed E-state index contributed by atoms with van der Waals surface area (Å²) in [5.74, 6) is -0.666. The minimum Gasteiger partial charge on any atom is -0.495 e. The number of hydrogen-bond donors (Lipinski definition) is 8. The van der Waals surface area contributed by atoms with E-state index in [4.69, 9.17) is 26.7 Å². The fourth-order valence-corrected chi connectivity index (χ4v) is 10.3. The van der Waals surface area contributed by atoms with Crippen molar-refractivity contribution in [3.8, 4) is 22.8 Å². The number of piperidine rings is 2. The zero-order valence-corrected chi connectivity index (χ0v) is 44.5. The van der Waals surface area contributed by atoms with Crippen LogP contribution in [0.1, 0.15) is 105 Å². The monoisotopic (exact) mass is 1090 g/mol. The average Bonchev–Trinajstić information content (AvgIpc) is 3.05. The van der Waals surface area contributed by atoms with Crippen molar-refractivity contribution in [2.45, 2.75) is 110 Å². The number of aromatic carboxylic acids is 1. The largest absolute Gasteiger partial charge is 0.495 e. The molecule has 0 radical (unpaired) electrons. The first-order chi connectivity index (χ1) is 36.7. The van der Waals surface area contributed by atoms with Gasteiger partial charge in [-0.2, -0.15) is 23.1 Å². The number of likely N-dealkylation sites (tertiary alicyclic amines) is 1.